The molecule has 1 amide bonds. The first kappa shape index (κ1) is 19.3. The molecular formula is C21H21N5O2S. The van der Waals surface area contributed by atoms with Gasteiger partial charge < -0.3 is 5.32 Å². The van der Waals surface area contributed by atoms with Crippen LogP contribution >= 0.6 is 11.8 Å². The monoisotopic (exact) mass is 407 g/mol. The molecule has 0 bridgehead atoms. The number of thioether (sulfide) groups is 1. The number of nitrogens with one attached hydrogen (secondary N) is 1. The highest BCUT2D eigenvalue weighted by Crippen LogP contribution is 2.25. The van der Waals surface area contributed by atoms with Gasteiger partial charge in [-0.2, -0.15) is 4.68 Å². The molecule has 29 heavy (non-hydrogen) atoms. The summed E-state index contributed by atoms with van der Waals surface area (Å²) < 4.78 is 1.64. The van der Waals surface area contributed by atoms with Crippen LogP contribution in [0.2, 0.25) is 0 Å². The fourth-order valence-corrected chi connectivity index (χ4v) is 3.99. The number of Topliss-reactive ketones (excluding diaryl/α,β-unsaturated/α-hetero) is 1. The molecule has 0 spiro atoms. The Labute approximate surface area is 172 Å². The van der Waals surface area contributed by atoms with Gasteiger partial charge in [-0.25, -0.2) is 0 Å². The van der Waals surface area contributed by atoms with Gasteiger partial charge in [0.25, 0.3) is 0 Å². The minimum atomic E-state index is -0.000550. The van der Waals surface area contributed by atoms with Crippen molar-refractivity contribution in [2.75, 3.05) is 11.1 Å². The van der Waals surface area contributed by atoms with Crippen molar-refractivity contribution >= 4 is 29.1 Å². The highest BCUT2D eigenvalue weighted by atomic mass is 32.2. The summed E-state index contributed by atoms with van der Waals surface area (Å²) in [6.07, 6.45) is 1.10. The van der Waals surface area contributed by atoms with E-state index in [0.29, 0.717) is 29.5 Å². The summed E-state index contributed by atoms with van der Waals surface area (Å²) in [7, 11) is 0. The third-order valence-electron chi connectivity index (χ3n) is 4.90. The molecule has 0 fully saturated rings. The molecule has 0 saturated heterocycles. The van der Waals surface area contributed by atoms with Crippen molar-refractivity contribution in [1.29, 1.82) is 0 Å². The van der Waals surface area contributed by atoms with Crippen LogP contribution in [0.15, 0.2) is 47.6 Å². The number of hydrogen-bond acceptors (Lipinski definition) is 6. The molecule has 0 aliphatic carbocycles. The zero-order valence-electron chi connectivity index (χ0n) is 16.3. The Hall–Kier alpha value is -3.00. The Morgan fingerprint density at radius 3 is 2.72 bits per heavy atom. The first-order valence-electron chi connectivity index (χ1n) is 9.49. The molecule has 0 atom stereocenters. The summed E-state index contributed by atoms with van der Waals surface area (Å²) in [6.45, 7) is 4.29. The number of carbonyl (C=O) groups excluding carboxylic acids is 2. The average molecular weight is 407 g/mol. The van der Waals surface area contributed by atoms with Crippen LogP contribution < -0.4 is 5.32 Å². The minimum Gasteiger partial charge on any atom is -0.326 e. The van der Waals surface area contributed by atoms with Crippen LogP contribution in [-0.2, 0) is 11.2 Å². The van der Waals surface area contributed by atoms with E-state index < -0.39 is 0 Å². The standard InChI is InChI=1S/C21H21N5O2S/c1-13(2)14-3-7-17(8-4-14)26-21(23-24-25-26)29-12-19(27)16-5-9-18-15(11-16)6-10-20(28)22-18/h3-5,7-9,11,13H,6,10,12H2,1-2H3,(H,22,28). The van der Waals surface area contributed by atoms with Crippen molar-refractivity contribution in [3.05, 3.63) is 59.2 Å². The van der Waals surface area contributed by atoms with Gasteiger partial charge in [-0.05, 0) is 64.2 Å². The van der Waals surface area contributed by atoms with Crippen molar-refractivity contribution in [2.45, 2.75) is 37.8 Å². The second-order valence-corrected chi connectivity index (χ2v) is 8.19. The van der Waals surface area contributed by atoms with Gasteiger partial charge in [-0.1, -0.05) is 37.7 Å². The van der Waals surface area contributed by atoms with Gasteiger partial charge >= 0.3 is 0 Å². The molecule has 1 N–H and O–H groups in total. The number of anilines is 1. The number of tetrazole rings is 1. The van der Waals surface area contributed by atoms with Gasteiger partial charge in [-0.15, -0.1) is 5.10 Å². The Kier molecular flexibility index (Phi) is 5.44. The fourth-order valence-electron chi connectivity index (χ4n) is 3.20. The van der Waals surface area contributed by atoms with E-state index in [4.69, 9.17) is 0 Å². The maximum Gasteiger partial charge on any atom is 0.224 e. The van der Waals surface area contributed by atoms with Crippen LogP contribution in [0.5, 0.6) is 0 Å². The number of aryl methyl sites for hydroxylation is 1. The van der Waals surface area contributed by atoms with E-state index in [1.165, 1.54) is 17.3 Å². The maximum absolute atomic E-state index is 12.7. The summed E-state index contributed by atoms with van der Waals surface area (Å²) in [4.78, 5) is 24.1. The molecule has 2 aromatic carbocycles. The van der Waals surface area contributed by atoms with E-state index in [1.807, 2.05) is 18.2 Å². The number of amides is 1. The van der Waals surface area contributed by atoms with E-state index in [0.717, 1.165) is 16.9 Å². The number of ketones is 1. The summed E-state index contributed by atoms with van der Waals surface area (Å²) in [5.74, 6) is 0.699. The molecule has 2 heterocycles. The number of hydrogen-bond donors (Lipinski definition) is 1. The lowest BCUT2D eigenvalue weighted by atomic mass is 9.99. The molecule has 3 aromatic rings. The van der Waals surface area contributed by atoms with Gasteiger partial charge in [0.2, 0.25) is 11.1 Å². The van der Waals surface area contributed by atoms with Crippen LogP contribution in [0.1, 0.15) is 47.7 Å². The lowest BCUT2D eigenvalue weighted by molar-refractivity contribution is -0.116. The van der Waals surface area contributed by atoms with Gasteiger partial charge in [0.05, 0.1) is 11.4 Å². The predicted octanol–water partition coefficient (Wildman–Crippen LogP) is 3.65. The fraction of sp³-hybridized carbons (Fsp3) is 0.286. The molecule has 0 unspecified atom stereocenters. The second kappa shape index (κ2) is 8.16. The number of rotatable bonds is 6. The summed E-state index contributed by atoms with van der Waals surface area (Å²) in [5, 5.41) is 15.3. The zero-order valence-corrected chi connectivity index (χ0v) is 17.1. The van der Waals surface area contributed by atoms with Crippen molar-refractivity contribution in [2.24, 2.45) is 0 Å². The Balaban J connectivity index is 1.45. The van der Waals surface area contributed by atoms with Crippen LogP contribution in [0.25, 0.3) is 5.69 Å². The highest BCUT2D eigenvalue weighted by molar-refractivity contribution is 7.99. The molecule has 1 aromatic heterocycles. The summed E-state index contributed by atoms with van der Waals surface area (Å²) in [6, 6.07) is 13.5. The molecule has 7 nitrogen and oxygen atoms in total. The normalized spacial score (nSPS) is 13.3. The van der Waals surface area contributed by atoms with Crippen LogP contribution in [0.3, 0.4) is 0 Å². The van der Waals surface area contributed by atoms with Crippen molar-refractivity contribution < 1.29 is 9.59 Å². The Morgan fingerprint density at radius 2 is 1.97 bits per heavy atom. The average Bonchev–Trinajstić information content (AvgIpc) is 3.20. The van der Waals surface area contributed by atoms with Crippen molar-refractivity contribution in [3.8, 4) is 5.69 Å². The molecule has 0 saturated carbocycles. The van der Waals surface area contributed by atoms with Gasteiger partial charge in [-0.3, -0.25) is 9.59 Å². The van der Waals surface area contributed by atoms with E-state index in [1.54, 1.807) is 16.8 Å². The van der Waals surface area contributed by atoms with Gasteiger partial charge in [0.1, 0.15) is 0 Å². The summed E-state index contributed by atoms with van der Waals surface area (Å²) >= 11 is 1.31. The lowest BCUT2D eigenvalue weighted by Crippen LogP contribution is -2.19. The van der Waals surface area contributed by atoms with Crippen LogP contribution in [0, 0.1) is 0 Å². The first-order chi connectivity index (χ1) is 14.0. The molecule has 0 radical (unpaired) electrons. The van der Waals surface area contributed by atoms with Gasteiger partial charge in [0.15, 0.2) is 5.78 Å². The first-order valence-corrected chi connectivity index (χ1v) is 10.5. The maximum atomic E-state index is 12.7. The van der Waals surface area contributed by atoms with Crippen LogP contribution in [0.4, 0.5) is 5.69 Å². The topological polar surface area (TPSA) is 89.8 Å². The number of carbonyl (C=O) groups is 2. The number of fused-ring (bicyclic) bond motifs is 1. The van der Waals surface area contributed by atoms with Crippen LogP contribution in [-0.4, -0.2) is 37.7 Å². The van der Waals surface area contributed by atoms with E-state index in [2.05, 4.69) is 46.8 Å². The molecule has 1 aliphatic rings. The molecule has 148 valence electrons. The number of nitrogens with zero attached hydrogens (tertiary/aromatic N) is 4. The quantitative estimate of drug-likeness (QED) is 0.496. The lowest BCUT2D eigenvalue weighted by Gasteiger charge is -2.17. The minimum absolute atomic E-state index is 0.000550. The Morgan fingerprint density at radius 1 is 1.17 bits per heavy atom. The summed E-state index contributed by atoms with van der Waals surface area (Å²) in [5.41, 5.74) is 4.52. The SMILES string of the molecule is CC(C)c1ccc(-n2nnnc2SCC(=O)c2ccc3c(c2)CCC(=O)N3)cc1. The van der Waals surface area contributed by atoms with E-state index >= 15 is 0 Å². The molecular weight excluding hydrogens is 386 g/mol. The highest BCUT2D eigenvalue weighted by Gasteiger charge is 2.18. The zero-order chi connectivity index (χ0) is 20.4. The van der Waals surface area contributed by atoms with Gasteiger partial charge in [0, 0.05) is 17.7 Å². The smallest absolute Gasteiger partial charge is 0.224 e. The van der Waals surface area contributed by atoms with E-state index in [9.17, 15) is 9.59 Å². The third-order valence-corrected chi connectivity index (χ3v) is 5.82. The molecule has 8 heteroatoms. The molecule has 1 aliphatic heterocycles. The largest absolute Gasteiger partial charge is 0.326 e. The third kappa shape index (κ3) is 4.22. The van der Waals surface area contributed by atoms with Crippen molar-refractivity contribution in [3.63, 3.8) is 0 Å². The molecule has 4 rings (SSSR count). The number of benzene rings is 2. The predicted molar refractivity (Wildman–Crippen MR) is 112 cm³/mol. The Bertz CT molecular complexity index is 1060. The number of aromatic nitrogens is 4. The second-order valence-electron chi connectivity index (χ2n) is 7.25. The van der Waals surface area contributed by atoms with Crippen molar-refractivity contribution in [1.82, 2.24) is 20.2 Å². The van der Waals surface area contributed by atoms with E-state index in [-0.39, 0.29) is 17.4 Å².